The summed E-state index contributed by atoms with van der Waals surface area (Å²) in [5, 5.41) is 11.9. The van der Waals surface area contributed by atoms with Crippen LogP contribution in [0.15, 0.2) is 48.5 Å². The Morgan fingerprint density at radius 3 is 2.63 bits per heavy atom. The standard InChI is InChI=1S/C20H17N3O4/c1-27-20(26)15-7-3-4-8-16(15)22-19(25)14-10-18(24)23(12-14)17-9-5-2-6-13(17)11-21/h2-9,14H,10,12H2,1H3,(H,22,25). The molecule has 27 heavy (non-hydrogen) atoms. The lowest BCUT2D eigenvalue weighted by molar-refractivity contribution is -0.122. The number of para-hydroxylation sites is 2. The molecule has 0 spiro atoms. The van der Waals surface area contributed by atoms with E-state index in [9.17, 15) is 19.6 Å². The highest BCUT2D eigenvalue weighted by molar-refractivity contribution is 6.06. The van der Waals surface area contributed by atoms with Crippen molar-refractivity contribution in [3.8, 4) is 6.07 Å². The number of benzene rings is 2. The van der Waals surface area contributed by atoms with E-state index in [1.54, 1.807) is 48.5 Å². The van der Waals surface area contributed by atoms with Crippen LogP contribution in [0.5, 0.6) is 0 Å². The number of rotatable bonds is 4. The quantitative estimate of drug-likeness (QED) is 0.841. The molecule has 2 aromatic rings. The van der Waals surface area contributed by atoms with Crippen LogP contribution in [0.25, 0.3) is 0 Å². The number of amides is 2. The number of carbonyl (C=O) groups excluding carboxylic acids is 3. The number of ether oxygens (including phenoxy) is 1. The van der Waals surface area contributed by atoms with E-state index in [0.717, 1.165) is 0 Å². The Morgan fingerprint density at radius 2 is 1.89 bits per heavy atom. The SMILES string of the molecule is COC(=O)c1ccccc1NC(=O)C1CC(=O)N(c2ccccc2C#N)C1. The van der Waals surface area contributed by atoms with Crippen molar-refractivity contribution in [1.82, 2.24) is 0 Å². The summed E-state index contributed by atoms with van der Waals surface area (Å²) in [6, 6.07) is 15.3. The maximum atomic E-state index is 12.6. The van der Waals surface area contributed by atoms with E-state index in [1.807, 2.05) is 0 Å². The molecule has 1 N–H and O–H groups in total. The fourth-order valence-electron chi connectivity index (χ4n) is 3.03. The fourth-order valence-corrected chi connectivity index (χ4v) is 3.03. The summed E-state index contributed by atoms with van der Waals surface area (Å²) < 4.78 is 4.72. The van der Waals surface area contributed by atoms with Crippen molar-refractivity contribution in [3.05, 3.63) is 59.7 Å². The van der Waals surface area contributed by atoms with Crippen molar-refractivity contribution < 1.29 is 19.1 Å². The van der Waals surface area contributed by atoms with E-state index >= 15 is 0 Å². The molecule has 0 saturated carbocycles. The van der Waals surface area contributed by atoms with Crippen molar-refractivity contribution in [1.29, 1.82) is 5.26 Å². The third-order valence-electron chi connectivity index (χ3n) is 4.40. The number of esters is 1. The number of carbonyl (C=O) groups is 3. The predicted octanol–water partition coefficient (Wildman–Crippen LogP) is 2.34. The number of nitriles is 1. The van der Waals surface area contributed by atoms with Crippen LogP contribution in [0.1, 0.15) is 22.3 Å². The monoisotopic (exact) mass is 363 g/mol. The van der Waals surface area contributed by atoms with Gasteiger partial charge in [-0.2, -0.15) is 5.26 Å². The zero-order valence-electron chi connectivity index (χ0n) is 14.6. The van der Waals surface area contributed by atoms with Crippen LogP contribution >= 0.6 is 0 Å². The topological polar surface area (TPSA) is 99.5 Å². The smallest absolute Gasteiger partial charge is 0.339 e. The summed E-state index contributed by atoms with van der Waals surface area (Å²) >= 11 is 0. The van der Waals surface area contributed by atoms with Crippen LogP contribution in [0.3, 0.4) is 0 Å². The maximum Gasteiger partial charge on any atom is 0.339 e. The van der Waals surface area contributed by atoms with Gasteiger partial charge in [-0.05, 0) is 24.3 Å². The molecule has 1 aliphatic heterocycles. The fraction of sp³-hybridized carbons (Fsp3) is 0.200. The molecule has 1 aliphatic rings. The molecule has 7 nitrogen and oxygen atoms in total. The molecule has 0 bridgehead atoms. The molecule has 3 rings (SSSR count). The van der Waals surface area contributed by atoms with Crippen LogP contribution < -0.4 is 10.2 Å². The Hall–Kier alpha value is -3.66. The van der Waals surface area contributed by atoms with Crippen LogP contribution in [0.4, 0.5) is 11.4 Å². The first-order valence-corrected chi connectivity index (χ1v) is 8.33. The summed E-state index contributed by atoms with van der Waals surface area (Å²) in [4.78, 5) is 38.3. The first-order chi connectivity index (χ1) is 13.0. The van der Waals surface area contributed by atoms with Crippen LogP contribution in [-0.2, 0) is 14.3 Å². The van der Waals surface area contributed by atoms with E-state index in [-0.39, 0.29) is 30.3 Å². The zero-order chi connectivity index (χ0) is 19.4. The number of nitrogens with zero attached hydrogens (tertiary/aromatic N) is 2. The highest BCUT2D eigenvalue weighted by Crippen LogP contribution is 2.29. The van der Waals surface area contributed by atoms with Crippen molar-refractivity contribution in [3.63, 3.8) is 0 Å². The van der Waals surface area contributed by atoms with Crippen molar-refractivity contribution >= 4 is 29.2 Å². The molecule has 0 aliphatic carbocycles. The number of hydrogen-bond donors (Lipinski definition) is 1. The largest absolute Gasteiger partial charge is 0.465 e. The Morgan fingerprint density at radius 1 is 1.19 bits per heavy atom. The molecule has 0 aromatic heterocycles. The lowest BCUT2D eigenvalue weighted by atomic mass is 10.1. The predicted molar refractivity (Wildman–Crippen MR) is 98.0 cm³/mol. The van der Waals surface area contributed by atoms with E-state index in [0.29, 0.717) is 16.9 Å². The van der Waals surface area contributed by atoms with Crippen LogP contribution in [-0.4, -0.2) is 31.4 Å². The molecule has 0 radical (unpaired) electrons. The summed E-state index contributed by atoms with van der Waals surface area (Å²) in [6.07, 6.45) is 0.0337. The Bertz CT molecular complexity index is 948. The second-order valence-electron chi connectivity index (χ2n) is 6.06. The molecule has 136 valence electrons. The van der Waals surface area contributed by atoms with E-state index in [4.69, 9.17) is 4.74 Å². The van der Waals surface area contributed by atoms with Gasteiger partial charge in [0.15, 0.2) is 0 Å². The highest BCUT2D eigenvalue weighted by Gasteiger charge is 2.36. The first kappa shape index (κ1) is 18.1. The minimum atomic E-state index is -0.588. The number of methoxy groups -OCH3 is 1. The Balaban J connectivity index is 1.78. The first-order valence-electron chi connectivity index (χ1n) is 8.33. The van der Waals surface area contributed by atoms with Crippen LogP contribution in [0, 0.1) is 17.2 Å². The van der Waals surface area contributed by atoms with Gasteiger partial charge in [0.1, 0.15) is 6.07 Å². The second kappa shape index (κ2) is 7.70. The minimum absolute atomic E-state index is 0.0337. The van der Waals surface area contributed by atoms with Gasteiger partial charge < -0.3 is 15.0 Å². The normalized spacial score (nSPS) is 15.9. The van der Waals surface area contributed by atoms with Crippen LogP contribution in [0.2, 0.25) is 0 Å². The van der Waals surface area contributed by atoms with Gasteiger partial charge in [-0.15, -0.1) is 0 Å². The second-order valence-corrected chi connectivity index (χ2v) is 6.06. The van der Waals surface area contributed by atoms with Crippen molar-refractivity contribution in [2.75, 3.05) is 23.9 Å². The molecule has 2 aromatic carbocycles. The zero-order valence-corrected chi connectivity index (χ0v) is 14.6. The summed E-state index contributed by atoms with van der Waals surface area (Å²) in [5.41, 5.74) is 1.44. The van der Waals surface area contributed by atoms with E-state index < -0.39 is 11.9 Å². The molecule has 2 amide bonds. The van der Waals surface area contributed by atoms with Gasteiger partial charge in [0.05, 0.1) is 35.5 Å². The van der Waals surface area contributed by atoms with Crippen molar-refractivity contribution in [2.45, 2.75) is 6.42 Å². The van der Waals surface area contributed by atoms with E-state index in [1.165, 1.54) is 12.0 Å². The summed E-state index contributed by atoms with van der Waals surface area (Å²) in [6.45, 7) is 0.170. The molecule has 1 unspecified atom stereocenters. The third kappa shape index (κ3) is 3.65. The lowest BCUT2D eigenvalue weighted by Gasteiger charge is -2.18. The molecule has 1 fully saturated rings. The highest BCUT2D eigenvalue weighted by atomic mass is 16.5. The molecular formula is C20H17N3O4. The van der Waals surface area contributed by atoms with E-state index in [2.05, 4.69) is 11.4 Å². The van der Waals surface area contributed by atoms with Gasteiger partial charge in [-0.1, -0.05) is 24.3 Å². The number of hydrogen-bond acceptors (Lipinski definition) is 5. The average molecular weight is 363 g/mol. The van der Waals surface area contributed by atoms with Gasteiger partial charge in [0, 0.05) is 13.0 Å². The molecule has 1 atom stereocenters. The number of nitrogens with one attached hydrogen (secondary N) is 1. The van der Waals surface area contributed by atoms with Gasteiger partial charge in [-0.3, -0.25) is 9.59 Å². The average Bonchev–Trinajstić information content (AvgIpc) is 3.09. The lowest BCUT2D eigenvalue weighted by Crippen LogP contribution is -2.29. The van der Waals surface area contributed by atoms with Crippen molar-refractivity contribution in [2.24, 2.45) is 5.92 Å². The Labute approximate surface area is 156 Å². The minimum Gasteiger partial charge on any atom is -0.465 e. The molecule has 7 heteroatoms. The molecular weight excluding hydrogens is 346 g/mol. The van der Waals surface area contributed by atoms with Gasteiger partial charge in [-0.25, -0.2) is 4.79 Å². The number of anilines is 2. The van der Waals surface area contributed by atoms with Gasteiger partial charge >= 0.3 is 5.97 Å². The van der Waals surface area contributed by atoms with Gasteiger partial charge in [0.25, 0.3) is 0 Å². The summed E-state index contributed by atoms with van der Waals surface area (Å²) in [5.74, 6) is -1.73. The Kier molecular flexibility index (Phi) is 5.18. The molecule has 1 heterocycles. The maximum absolute atomic E-state index is 12.6. The third-order valence-corrected chi connectivity index (χ3v) is 4.40. The van der Waals surface area contributed by atoms with Gasteiger partial charge in [0.2, 0.25) is 11.8 Å². The summed E-state index contributed by atoms with van der Waals surface area (Å²) in [7, 11) is 1.26. The molecule has 1 saturated heterocycles.